The lowest BCUT2D eigenvalue weighted by Gasteiger charge is -2.17. The van der Waals surface area contributed by atoms with E-state index in [1.54, 1.807) is 26.4 Å². The van der Waals surface area contributed by atoms with Crippen molar-refractivity contribution >= 4 is 24.5 Å². The molecule has 0 aliphatic carbocycles. The number of nitrogens with one attached hydrogen (secondary N) is 1. The van der Waals surface area contributed by atoms with E-state index in [9.17, 15) is 9.59 Å². The zero-order chi connectivity index (χ0) is 20.5. The van der Waals surface area contributed by atoms with Gasteiger partial charge in [-0.15, -0.1) is 0 Å². The van der Waals surface area contributed by atoms with Gasteiger partial charge in [-0.1, -0.05) is 24.3 Å². The molecule has 2 aromatic carbocycles. The zero-order valence-corrected chi connectivity index (χ0v) is 16.0. The summed E-state index contributed by atoms with van der Waals surface area (Å²) in [6.07, 6.45) is 0.263. The molecule has 0 radical (unpaired) electrons. The molecule has 28 heavy (non-hydrogen) atoms. The number of rotatable bonds is 8. The summed E-state index contributed by atoms with van der Waals surface area (Å²) in [5.74, 6) is -0.965. The van der Waals surface area contributed by atoms with E-state index in [1.807, 2.05) is 30.3 Å². The monoisotopic (exact) mass is 380 g/mol. The van der Waals surface area contributed by atoms with Gasteiger partial charge in [0.2, 0.25) is 0 Å². The molecule has 0 unspecified atom stereocenters. The first-order chi connectivity index (χ1) is 13.5. The first kappa shape index (κ1) is 21.2. The minimum absolute atomic E-state index is 0.263. The summed E-state index contributed by atoms with van der Waals surface area (Å²) in [4.78, 5) is 24.6. The minimum atomic E-state index is -0.848. The highest BCUT2D eigenvalue weighted by atomic mass is 16.6. The lowest BCUT2D eigenvalue weighted by atomic mass is 9.78. The largest absolute Gasteiger partial charge is 0.493 e. The van der Waals surface area contributed by atoms with E-state index in [-0.39, 0.29) is 6.42 Å². The maximum atomic E-state index is 12.5. The summed E-state index contributed by atoms with van der Waals surface area (Å²) < 4.78 is 15.2. The van der Waals surface area contributed by atoms with Crippen molar-refractivity contribution in [3.8, 4) is 6.07 Å². The van der Waals surface area contributed by atoms with Gasteiger partial charge in [-0.05, 0) is 35.3 Å². The van der Waals surface area contributed by atoms with Gasteiger partial charge in [0.25, 0.3) is 5.91 Å². The standard InChI is InChI=1S/C20H21BN2O5/c1-26-20(25)18(23-19(24)16-8-4-15(13-22)5-9-16)12-14-6-10-17(11-7-14)21(27-2)28-3/h4-11,18H,12H2,1-3H3,(H,23,24)/t18-/m1/s1. The Morgan fingerprint density at radius 3 is 2.14 bits per heavy atom. The molecule has 0 saturated carbocycles. The highest BCUT2D eigenvalue weighted by Crippen LogP contribution is 2.08. The Balaban J connectivity index is 2.12. The van der Waals surface area contributed by atoms with Crippen LogP contribution in [0.1, 0.15) is 21.5 Å². The molecule has 0 saturated heterocycles. The normalized spacial score (nSPS) is 11.2. The number of amides is 1. The second-order valence-electron chi connectivity index (χ2n) is 5.99. The van der Waals surface area contributed by atoms with E-state index < -0.39 is 25.0 Å². The average Bonchev–Trinajstić information content (AvgIpc) is 2.74. The number of carbonyl (C=O) groups excluding carboxylic acids is 2. The molecule has 1 atom stereocenters. The van der Waals surface area contributed by atoms with Gasteiger partial charge < -0.3 is 19.4 Å². The maximum absolute atomic E-state index is 12.5. The quantitative estimate of drug-likeness (QED) is 0.543. The Hall–Kier alpha value is -3.15. The molecule has 8 heteroatoms. The number of esters is 1. The van der Waals surface area contributed by atoms with Crippen molar-refractivity contribution in [2.75, 3.05) is 21.3 Å². The number of methoxy groups -OCH3 is 1. The summed E-state index contributed by atoms with van der Waals surface area (Å²) in [7, 11) is 3.90. The van der Waals surface area contributed by atoms with Crippen LogP contribution >= 0.6 is 0 Å². The van der Waals surface area contributed by atoms with E-state index in [0.717, 1.165) is 11.0 Å². The number of hydrogen-bond donors (Lipinski definition) is 1. The Kier molecular flexibility index (Phi) is 7.75. The number of ether oxygens (including phenoxy) is 1. The molecule has 0 aliphatic rings. The lowest BCUT2D eigenvalue weighted by molar-refractivity contribution is -0.142. The molecular formula is C20H21BN2O5. The Morgan fingerprint density at radius 1 is 1.04 bits per heavy atom. The van der Waals surface area contributed by atoms with Crippen molar-refractivity contribution in [2.24, 2.45) is 0 Å². The fraction of sp³-hybridized carbons (Fsp3) is 0.250. The van der Waals surface area contributed by atoms with Gasteiger partial charge in [-0.3, -0.25) is 4.79 Å². The fourth-order valence-corrected chi connectivity index (χ4v) is 2.69. The van der Waals surface area contributed by atoms with Gasteiger partial charge in [0.15, 0.2) is 0 Å². The second kappa shape index (κ2) is 10.3. The van der Waals surface area contributed by atoms with Gasteiger partial charge in [-0.25, -0.2) is 4.79 Å². The van der Waals surface area contributed by atoms with Crippen LogP contribution in [0.4, 0.5) is 0 Å². The van der Waals surface area contributed by atoms with Crippen molar-refractivity contribution in [3.05, 3.63) is 65.2 Å². The van der Waals surface area contributed by atoms with E-state index in [1.165, 1.54) is 19.2 Å². The molecule has 0 bridgehead atoms. The van der Waals surface area contributed by atoms with Crippen LogP contribution in [0, 0.1) is 11.3 Å². The van der Waals surface area contributed by atoms with E-state index in [2.05, 4.69) is 5.32 Å². The topological polar surface area (TPSA) is 97.6 Å². The Bertz CT molecular complexity index is 842. The fourth-order valence-electron chi connectivity index (χ4n) is 2.69. The van der Waals surface area contributed by atoms with E-state index in [4.69, 9.17) is 19.3 Å². The first-order valence-corrected chi connectivity index (χ1v) is 8.55. The third-order valence-corrected chi connectivity index (χ3v) is 4.19. The number of nitriles is 1. The molecule has 2 aromatic rings. The van der Waals surface area contributed by atoms with Gasteiger partial charge in [-0.2, -0.15) is 5.26 Å². The van der Waals surface area contributed by atoms with Crippen LogP contribution in [0.2, 0.25) is 0 Å². The van der Waals surface area contributed by atoms with Crippen LogP contribution in [-0.4, -0.2) is 46.4 Å². The van der Waals surface area contributed by atoms with E-state index >= 15 is 0 Å². The number of carbonyl (C=O) groups is 2. The predicted molar refractivity (Wildman–Crippen MR) is 104 cm³/mol. The molecule has 144 valence electrons. The van der Waals surface area contributed by atoms with Gasteiger partial charge in [0, 0.05) is 26.2 Å². The smallest absolute Gasteiger partial charge is 0.467 e. The van der Waals surface area contributed by atoms with Gasteiger partial charge in [0.1, 0.15) is 6.04 Å². The van der Waals surface area contributed by atoms with Crippen molar-refractivity contribution < 1.29 is 23.6 Å². The van der Waals surface area contributed by atoms with E-state index in [0.29, 0.717) is 11.1 Å². The maximum Gasteiger partial charge on any atom is 0.493 e. The molecule has 0 heterocycles. The Labute approximate surface area is 164 Å². The Morgan fingerprint density at radius 2 is 1.64 bits per heavy atom. The summed E-state index contributed by atoms with van der Waals surface area (Å²) in [6.45, 7) is 0. The molecule has 0 aromatic heterocycles. The van der Waals surface area contributed by atoms with Crippen molar-refractivity contribution in [2.45, 2.75) is 12.5 Å². The molecule has 2 rings (SSSR count). The second-order valence-corrected chi connectivity index (χ2v) is 5.99. The summed E-state index contributed by atoms with van der Waals surface area (Å²) in [5.41, 5.74) is 2.48. The highest BCUT2D eigenvalue weighted by molar-refractivity contribution is 6.61. The van der Waals surface area contributed by atoms with Crippen LogP contribution in [0.3, 0.4) is 0 Å². The zero-order valence-electron chi connectivity index (χ0n) is 16.0. The molecule has 0 spiro atoms. The number of benzene rings is 2. The molecule has 0 fully saturated rings. The van der Waals surface area contributed by atoms with Gasteiger partial charge in [0.05, 0.1) is 18.7 Å². The highest BCUT2D eigenvalue weighted by Gasteiger charge is 2.23. The lowest BCUT2D eigenvalue weighted by Crippen LogP contribution is -2.43. The van der Waals surface area contributed by atoms with Crippen LogP contribution < -0.4 is 10.8 Å². The van der Waals surface area contributed by atoms with Crippen LogP contribution in [0.5, 0.6) is 0 Å². The van der Waals surface area contributed by atoms with Crippen LogP contribution in [0.25, 0.3) is 0 Å². The third kappa shape index (κ3) is 5.43. The SMILES string of the molecule is COB(OC)c1ccc(C[C@@H](NC(=O)c2ccc(C#N)cc2)C(=O)OC)cc1. The summed E-state index contributed by atoms with van der Waals surface area (Å²) in [5, 5.41) is 11.5. The molecule has 7 nitrogen and oxygen atoms in total. The third-order valence-electron chi connectivity index (χ3n) is 4.19. The minimum Gasteiger partial charge on any atom is -0.467 e. The molecular weight excluding hydrogens is 359 g/mol. The number of nitrogens with zero attached hydrogens (tertiary/aromatic N) is 1. The molecule has 1 amide bonds. The molecule has 1 N–H and O–H groups in total. The van der Waals surface area contributed by atoms with Crippen LogP contribution in [-0.2, 0) is 25.3 Å². The predicted octanol–water partition coefficient (Wildman–Crippen LogP) is 1.06. The number of hydrogen-bond acceptors (Lipinski definition) is 6. The van der Waals surface area contributed by atoms with Crippen molar-refractivity contribution in [3.63, 3.8) is 0 Å². The summed E-state index contributed by atoms with van der Waals surface area (Å²) in [6, 6.07) is 14.7. The summed E-state index contributed by atoms with van der Waals surface area (Å²) >= 11 is 0. The van der Waals surface area contributed by atoms with Gasteiger partial charge >= 0.3 is 13.1 Å². The molecule has 0 aliphatic heterocycles. The average molecular weight is 380 g/mol. The van der Waals surface area contributed by atoms with Crippen molar-refractivity contribution in [1.29, 1.82) is 5.26 Å². The first-order valence-electron chi connectivity index (χ1n) is 8.55. The van der Waals surface area contributed by atoms with Crippen molar-refractivity contribution in [1.82, 2.24) is 5.32 Å². The van der Waals surface area contributed by atoms with Crippen LogP contribution in [0.15, 0.2) is 48.5 Å².